The van der Waals surface area contributed by atoms with Gasteiger partial charge in [-0.3, -0.25) is 0 Å². The Labute approximate surface area is 209 Å². The highest BCUT2D eigenvalue weighted by molar-refractivity contribution is 7.95. The number of ether oxygens (including phenoxy) is 2. The summed E-state index contributed by atoms with van der Waals surface area (Å²) < 4.78 is 11.1. The molecule has 4 heteroatoms. The molecule has 0 saturated carbocycles. The summed E-state index contributed by atoms with van der Waals surface area (Å²) in [5.41, 5.74) is 0.169. The van der Waals surface area contributed by atoms with Crippen molar-refractivity contribution in [3.63, 3.8) is 0 Å². The van der Waals surface area contributed by atoms with Crippen LogP contribution in [-0.2, 0) is 15.7 Å². The van der Waals surface area contributed by atoms with Gasteiger partial charge in [0.1, 0.15) is 28.9 Å². The molecule has 0 atom stereocenters. The first-order chi connectivity index (χ1) is 17.0. The van der Waals surface area contributed by atoms with Crippen molar-refractivity contribution in [1.82, 2.24) is 0 Å². The number of carbonyl (C=O) groups excluding carboxylic acids is 1. The first-order valence-corrected chi connectivity index (χ1v) is 13.9. The molecule has 0 unspecified atom stereocenters. The summed E-state index contributed by atoms with van der Waals surface area (Å²) in [6.07, 6.45) is 0.882. The van der Waals surface area contributed by atoms with Crippen LogP contribution in [0.4, 0.5) is 0 Å². The number of rotatable bonds is 9. The molecule has 4 aromatic carbocycles. The maximum absolute atomic E-state index is 12.3. The smallest absolute Gasteiger partial charge is 0.349 e. The van der Waals surface area contributed by atoms with E-state index in [2.05, 4.69) is 103 Å². The summed E-state index contributed by atoms with van der Waals surface area (Å²) in [5, 5.41) is 4.04. The van der Waals surface area contributed by atoms with E-state index in [0.29, 0.717) is 12.4 Å². The summed E-state index contributed by atoms with van der Waals surface area (Å²) in [6.45, 7) is 5.59. The van der Waals surface area contributed by atoms with E-state index in [-0.39, 0.29) is 5.97 Å². The largest absolute Gasteiger partial charge is 0.476 e. The highest BCUT2D eigenvalue weighted by Gasteiger charge is 2.45. The Kier molecular flexibility index (Phi) is 7.68. The Bertz CT molecular complexity index is 1120. The average molecular weight is 484 g/mol. The van der Waals surface area contributed by atoms with Crippen LogP contribution in [0, 0.1) is 0 Å². The van der Waals surface area contributed by atoms with Crippen molar-refractivity contribution in [2.75, 3.05) is 6.61 Å². The van der Waals surface area contributed by atoms with Crippen LogP contribution in [0.5, 0.6) is 5.75 Å². The summed E-state index contributed by atoms with van der Waals surface area (Å²) in [5.74, 6) is 0.279. The van der Waals surface area contributed by atoms with Gasteiger partial charge in [0.05, 0.1) is 12.8 Å². The Morgan fingerprint density at radius 1 is 0.686 bits per heavy atom. The van der Waals surface area contributed by atoms with E-state index in [9.17, 15) is 4.79 Å². The molecule has 178 valence electrons. The predicted molar refractivity (Wildman–Crippen MR) is 147 cm³/mol. The van der Waals surface area contributed by atoms with Crippen LogP contribution in [-0.4, -0.2) is 18.2 Å². The topological polar surface area (TPSA) is 35.5 Å². The maximum atomic E-state index is 12.3. The van der Waals surface area contributed by atoms with Crippen LogP contribution in [0.3, 0.4) is 0 Å². The fraction of sp³-hybridized carbons (Fsp3) is 0.194. The lowest BCUT2D eigenvalue weighted by Gasteiger charge is -2.28. The Morgan fingerprint density at radius 2 is 1.11 bits per heavy atom. The van der Waals surface area contributed by atoms with E-state index in [4.69, 9.17) is 9.47 Å². The summed E-state index contributed by atoms with van der Waals surface area (Å²) in [4.78, 5) is 12.3. The minimum atomic E-state index is -1.97. The van der Waals surface area contributed by atoms with Gasteiger partial charge in [-0.05, 0) is 74.9 Å². The van der Waals surface area contributed by atoms with Crippen molar-refractivity contribution in [3.8, 4) is 5.75 Å². The van der Waals surface area contributed by atoms with Crippen LogP contribution in [0.25, 0.3) is 0 Å². The highest BCUT2D eigenvalue weighted by Crippen LogP contribution is 2.58. The van der Waals surface area contributed by atoms with Gasteiger partial charge >= 0.3 is 5.97 Å². The molecular formula is C31H32O3P+. The molecule has 0 heterocycles. The number of benzene rings is 4. The van der Waals surface area contributed by atoms with E-state index >= 15 is 0 Å². The van der Waals surface area contributed by atoms with Crippen molar-refractivity contribution in [2.24, 2.45) is 0 Å². The van der Waals surface area contributed by atoms with Crippen LogP contribution >= 0.6 is 7.26 Å². The summed E-state index contributed by atoms with van der Waals surface area (Å²) >= 11 is 0. The second-order valence-electron chi connectivity index (χ2n) is 8.95. The van der Waals surface area contributed by atoms with Gasteiger partial charge in [-0.2, -0.15) is 0 Å². The lowest BCUT2D eigenvalue weighted by atomic mass is 10.1. The van der Waals surface area contributed by atoms with Gasteiger partial charge in [0.2, 0.25) is 0 Å². The molecule has 3 nitrogen and oxygen atoms in total. The minimum Gasteiger partial charge on any atom is -0.476 e. The Morgan fingerprint density at radius 3 is 1.51 bits per heavy atom. The molecule has 0 aliphatic heterocycles. The third-order valence-electron chi connectivity index (χ3n) is 6.07. The third kappa shape index (κ3) is 5.47. The SMILES string of the molecule is CCOC(=O)C(C)(C)Oc1ccc(C[P+](c2ccccc2)(c2ccccc2)c2ccccc2)cc1. The molecule has 4 aromatic rings. The zero-order chi connectivity index (χ0) is 24.7. The molecule has 0 aliphatic rings. The van der Waals surface area contributed by atoms with Gasteiger partial charge in [-0.15, -0.1) is 0 Å². The van der Waals surface area contributed by atoms with Crippen LogP contribution < -0.4 is 20.7 Å². The highest BCUT2D eigenvalue weighted by atomic mass is 31.2. The van der Waals surface area contributed by atoms with E-state index < -0.39 is 12.9 Å². The molecule has 0 spiro atoms. The predicted octanol–water partition coefficient (Wildman–Crippen LogP) is 5.90. The van der Waals surface area contributed by atoms with Crippen molar-refractivity contribution in [3.05, 3.63) is 121 Å². The molecule has 0 aromatic heterocycles. The van der Waals surface area contributed by atoms with Gasteiger partial charge in [0.25, 0.3) is 0 Å². The van der Waals surface area contributed by atoms with Gasteiger partial charge in [-0.25, -0.2) is 4.79 Å². The minimum absolute atomic E-state index is 0.328. The number of esters is 1. The second-order valence-corrected chi connectivity index (χ2v) is 12.4. The maximum Gasteiger partial charge on any atom is 0.349 e. The van der Waals surface area contributed by atoms with Gasteiger partial charge in [-0.1, -0.05) is 66.7 Å². The molecule has 0 aliphatic carbocycles. The van der Waals surface area contributed by atoms with Crippen LogP contribution in [0.1, 0.15) is 26.3 Å². The molecule has 0 N–H and O–H groups in total. The summed E-state index contributed by atoms with van der Waals surface area (Å²) in [7, 11) is -1.97. The third-order valence-corrected chi connectivity index (χ3v) is 10.5. The molecule has 35 heavy (non-hydrogen) atoms. The zero-order valence-electron chi connectivity index (χ0n) is 20.6. The van der Waals surface area contributed by atoms with Crippen molar-refractivity contribution >= 4 is 29.1 Å². The average Bonchev–Trinajstić information content (AvgIpc) is 2.90. The lowest BCUT2D eigenvalue weighted by Crippen LogP contribution is -2.39. The monoisotopic (exact) mass is 483 g/mol. The molecule has 0 fully saturated rings. The van der Waals surface area contributed by atoms with Gasteiger partial charge < -0.3 is 9.47 Å². The van der Waals surface area contributed by atoms with E-state index in [1.54, 1.807) is 20.8 Å². The summed E-state index contributed by atoms with van der Waals surface area (Å²) in [6, 6.07) is 40.7. The van der Waals surface area contributed by atoms with E-state index in [0.717, 1.165) is 6.16 Å². The molecule has 0 radical (unpaired) electrons. The van der Waals surface area contributed by atoms with E-state index in [1.165, 1.54) is 21.5 Å². The first kappa shape index (κ1) is 24.7. The molecule has 4 rings (SSSR count). The number of hydrogen-bond acceptors (Lipinski definition) is 3. The van der Waals surface area contributed by atoms with Crippen molar-refractivity contribution < 1.29 is 14.3 Å². The normalized spacial score (nSPS) is 11.6. The number of hydrogen-bond donors (Lipinski definition) is 0. The van der Waals surface area contributed by atoms with Gasteiger partial charge in [0, 0.05) is 0 Å². The number of carbonyl (C=O) groups is 1. The Balaban J connectivity index is 1.74. The molecule has 0 bridgehead atoms. The second kappa shape index (κ2) is 10.9. The standard InChI is InChI=1S/C31H32O3P/c1-4-33-30(32)31(2,3)34-26-22-20-25(21-23-26)24-35(27-14-8-5-9-15-27,28-16-10-6-11-17-28)29-18-12-7-13-19-29/h5-23H,4,24H2,1-3H3/q+1. The first-order valence-electron chi connectivity index (χ1n) is 12.0. The molecule has 0 saturated heterocycles. The fourth-order valence-electron chi connectivity index (χ4n) is 4.35. The van der Waals surface area contributed by atoms with Crippen LogP contribution in [0.15, 0.2) is 115 Å². The van der Waals surface area contributed by atoms with E-state index in [1.807, 2.05) is 12.1 Å². The van der Waals surface area contributed by atoms with Crippen molar-refractivity contribution in [2.45, 2.75) is 32.5 Å². The molecular weight excluding hydrogens is 451 g/mol. The quantitative estimate of drug-likeness (QED) is 0.220. The Hall–Kier alpha value is -3.42. The van der Waals surface area contributed by atoms with Crippen LogP contribution in [0.2, 0.25) is 0 Å². The van der Waals surface area contributed by atoms with Crippen molar-refractivity contribution in [1.29, 1.82) is 0 Å². The van der Waals surface area contributed by atoms with Gasteiger partial charge in [0.15, 0.2) is 5.60 Å². The molecule has 0 amide bonds. The lowest BCUT2D eigenvalue weighted by molar-refractivity contribution is -0.158. The zero-order valence-corrected chi connectivity index (χ0v) is 21.5. The fourth-order valence-corrected chi connectivity index (χ4v) is 8.59.